The highest BCUT2D eigenvalue weighted by atomic mass is 32.2. The summed E-state index contributed by atoms with van der Waals surface area (Å²) in [4.78, 5) is 0. The minimum atomic E-state index is -2.18. The third-order valence-corrected chi connectivity index (χ3v) is 1.38. The molecule has 0 aliphatic carbocycles. The fourth-order valence-corrected chi connectivity index (χ4v) is 0.682. The Morgan fingerprint density at radius 1 is 1.56 bits per heavy atom. The van der Waals surface area contributed by atoms with E-state index in [2.05, 4.69) is 10.1 Å². The molecule has 1 aliphatic rings. The van der Waals surface area contributed by atoms with Crippen molar-refractivity contribution in [3.63, 3.8) is 0 Å². The topological polar surface area (TPSA) is 58.9 Å². The lowest BCUT2D eigenvalue weighted by Gasteiger charge is -1.88. The molecule has 1 aliphatic heterocycles. The van der Waals surface area contributed by atoms with E-state index in [-0.39, 0.29) is 4.76 Å². The second-order valence-corrected chi connectivity index (χ2v) is 2.25. The predicted molar refractivity (Wildman–Crippen MR) is 33.7 cm³/mol. The van der Waals surface area contributed by atoms with Gasteiger partial charge in [0.15, 0.2) is 0 Å². The van der Waals surface area contributed by atoms with E-state index in [1.807, 2.05) is 0 Å². The minimum absolute atomic E-state index is 0.157. The van der Waals surface area contributed by atoms with Crippen LogP contribution in [-0.4, -0.2) is 20.6 Å². The zero-order valence-corrected chi connectivity index (χ0v) is 5.17. The van der Waals surface area contributed by atoms with Gasteiger partial charge in [-0.05, 0) is 6.08 Å². The van der Waals surface area contributed by atoms with Crippen molar-refractivity contribution < 1.29 is 8.42 Å². The third-order valence-electron chi connectivity index (χ3n) is 0.750. The first-order valence-electron chi connectivity index (χ1n) is 2.16. The van der Waals surface area contributed by atoms with Crippen molar-refractivity contribution in [2.24, 2.45) is 10.1 Å². The van der Waals surface area contributed by atoms with Crippen molar-refractivity contribution in [3.8, 4) is 0 Å². The third kappa shape index (κ3) is 1.50. The summed E-state index contributed by atoms with van der Waals surface area (Å²) in [5.74, 6) is 0. The molecular formula is C3H2BN2O2S. The monoisotopic (exact) mass is 141 g/mol. The van der Waals surface area contributed by atoms with E-state index in [0.29, 0.717) is 0 Å². The van der Waals surface area contributed by atoms with Crippen molar-refractivity contribution >= 4 is 22.5 Å². The highest BCUT2D eigenvalue weighted by Crippen LogP contribution is 1.88. The largest absolute Gasteiger partial charge is 0.360 e. The molecule has 0 bridgehead atoms. The van der Waals surface area contributed by atoms with E-state index in [1.165, 1.54) is 19.7 Å². The molecule has 9 heavy (non-hydrogen) atoms. The molecule has 0 atom stereocenters. The van der Waals surface area contributed by atoms with Gasteiger partial charge in [-0.25, -0.2) is 0 Å². The predicted octanol–water partition coefficient (Wildman–Crippen LogP) is -0.406. The fraction of sp³-hybridized carbons (Fsp3) is 0. The van der Waals surface area contributed by atoms with Crippen LogP contribution >= 0.6 is 0 Å². The smallest absolute Gasteiger partial charge is 0.253 e. The molecule has 1 rings (SSSR count). The molecule has 0 amide bonds. The van der Waals surface area contributed by atoms with E-state index >= 15 is 0 Å². The Morgan fingerprint density at radius 2 is 2.33 bits per heavy atom. The lowest BCUT2D eigenvalue weighted by molar-refractivity contribution is 0.627. The standard InChI is InChI=1S/C3H2BN2O2S/c7-9(8)3-1-2-5-6-4-3/h1-2H. The van der Waals surface area contributed by atoms with Gasteiger partial charge in [-0.2, -0.15) is 13.5 Å². The van der Waals surface area contributed by atoms with Gasteiger partial charge in [0.05, 0.1) is 4.76 Å². The zero-order chi connectivity index (χ0) is 6.69. The Bertz CT molecular complexity index is 281. The summed E-state index contributed by atoms with van der Waals surface area (Å²) < 4.78 is 20.4. The SMILES string of the molecule is O=S(=O)=C1[B]N=NC=C1. The minimum Gasteiger partial charge on any atom is -0.253 e. The second kappa shape index (κ2) is 2.59. The molecule has 1 heterocycles. The lowest BCUT2D eigenvalue weighted by Crippen LogP contribution is -2.06. The van der Waals surface area contributed by atoms with Crippen LogP contribution in [0.2, 0.25) is 0 Å². The van der Waals surface area contributed by atoms with Crippen LogP contribution in [0.1, 0.15) is 0 Å². The highest BCUT2D eigenvalue weighted by Gasteiger charge is 2.01. The van der Waals surface area contributed by atoms with Crippen LogP contribution in [0.5, 0.6) is 0 Å². The van der Waals surface area contributed by atoms with Crippen LogP contribution in [0.3, 0.4) is 0 Å². The van der Waals surface area contributed by atoms with Gasteiger partial charge < -0.3 is 0 Å². The van der Waals surface area contributed by atoms with Crippen LogP contribution in [0.4, 0.5) is 0 Å². The van der Waals surface area contributed by atoms with E-state index in [9.17, 15) is 8.42 Å². The second-order valence-electron chi connectivity index (χ2n) is 1.31. The van der Waals surface area contributed by atoms with Gasteiger partial charge in [0.25, 0.3) is 0 Å². The number of hydrogen-bond acceptors (Lipinski definition) is 4. The van der Waals surface area contributed by atoms with Gasteiger partial charge in [-0.15, -0.1) is 0 Å². The number of nitrogens with zero attached hydrogens (tertiary/aromatic N) is 2. The average Bonchev–Trinajstić information content (AvgIpc) is 1.90. The Balaban J connectivity index is 3.05. The molecule has 6 heteroatoms. The molecule has 0 unspecified atom stereocenters. The molecule has 45 valence electrons. The summed E-state index contributed by atoms with van der Waals surface area (Å²) in [6.45, 7) is 0. The first kappa shape index (κ1) is 6.22. The highest BCUT2D eigenvalue weighted by molar-refractivity contribution is 7.76. The quantitative estimate of drug-likeness (QED) is 0.340. The molecule has 1 radical (unpaired) electrons. The maximum Gasteiger partial charge on any atom is 0.360 e. The van der Waals surface area contributed by atoms with Crippen molar-refractivity contribution in [2.75, 3.05) is 0 Å². The van der Waals surface area contributed by atoms with Gasteiger partial charge in [-0.1, -0.05) is 0 Å². The van der Waals surface area contributed by atoms with Crippen LogP contribution in [0.25, 0.3) is 0 Å². The summed E-state index contributed by atoms with van der Waals surface area (Å²) in [6.07, 6.45) is 2.70. The Labute approximate surface area is 54.1 Å². The molecule has 0 spiro atoms. The van der Waals surface area contributed by atoms with Gasteiger partial charge in [0.1, 0.15) is 0 Å². The summed E-state index contributed by atoms with van der Waals surface area (Å²) in [5.41, 5.74) is 0. The van der Waals surface area contributed by atoms with Crippen LogP contribution in [-0.2, 0) is 10.3 Å². The van der Waals surface area contributed by atoms with Crippen molar-refractivity contribution in [2.45, 2.75) is 0 Å². The molecule has 0 N–H and O–H groups in total. The molecule has 0 saturated heterocycles. The van der Waals surface area contributed by atoms with E-state index in [0.717, 1.165) is 0 Å². The number of allylic oxidation sites excluding steroid dienone is 1. The molecule has 0 aromatic rings. The van der Waals surface area contributed by atoms with Crippen LogP contribution < -0.4 is 0 Å². The van der Waals surface area contributed by atoms with Crippen molar-refractivity contribution in [1.29, 1.82) is 0 Å². The van der Waals surface area contributed by atoms with Gasteiger partial charge in [-0.3, -0.25) is 5.03 Å². The number of hydrogen-bond donors (Lipinski definition) is 0. The summed E-state index contributed by atoms with van der Waals surface area (Å²) in [5, 5.41) is 6.77. The van der Waals surface area contributed by atoms with Gasteiger partial charge in [0, 0.05) is 6.20 Å². The fourth-order valence-electron chi connectivity index (χ4n) is 0.377. The van der Waals surface area contributed by atoms with Gasteiger partial charge in [0.2, 0.25) is 10.3 Å². The van der Waals surface area contributed by atoms with E-state index in [4.69, 9.17) is 0 Å². The maximum atomic E-state index is 10.1. The zero-order valence-electron chi connectivity index (χ0n) is 4.35. The summed E-state index contributed by atoms with van der Waals surface area (Å²) in [6, 6.07) is 0. The van der Waals surface area contributed by atoms with Crippen LogP contribution in [0, 0.1) is 0 Å². The van der Waals surface area contributed by atoms with Crippen molar-refractivity contribution in [1.82, 2.24) is 0 Å². The Hall–Kier alpha value is -0.905. The first-order chi connectivity index (χ1) is 4.30. The normalized spacial score (nSPS) is 15.3. The Morgan fingerprint density at radius 3 is 2.67 bits per heavy atom. The molecule has 0 fully saturated rings. The molecule has 0 saturated carbocycles. The first-order valence-corrected chi connectivity index (χ1v) is 3.24. The summed E-state index contributed by atoms with van der Waals surface area (Å²) >= 11 is 0. The molecule has 0 aromatic heterocycles. The van der Waals surface area contributed by atoms with Crippen LogP contribution in [0.15, 0.2) is 22.4 Å². The average molecular weight is 141 g/mol. The molecular weight excluding hydrogens is 139 g/mol. The lowest BCUT2D eigenvalue weighted by atomic mass is 9.90. The van der Waals surface area contributed by atoms with E-state index < -0.39 is 10.3 Å². The van der Waals surface area contributed by atoms with Crippen molar-refractivity contribution in [3.05, 3.63) is 12.3 Å². The summed E-state index contributed by atoms with van der Waals surface area (Å²) in [7, 11) is -0.998. The molecule has 4 nitrogen and oxygen atoms in total. The molecule has 0 aromatic carbocycles. The van der Waals surface area contributed by atoms with E-state index in [1.54, 1.807) is 0 Å². The number of rotatable bonds is 0. The van der Waals surface area contributed by atoms with Gasteiger partial charge >= 0.3 is 7.41 Å². The maximum absolute atomic E-state index is 10.1. The Kier molecular flexibility index (Phi) is 1.79.